The maximum atomic E-state index is 12.7. The van der Waals surface area contributed by atoms with E-state index >= 15 is 0 Å². The van der Waals surface area contributed by atoms with E-state index in [0.29, 0.717) is 12.4 Å². The van der Waals surface area contributed by atoms with Crippen molar-refractivity contribution < 1.29 is 18.7 Å². The van der Waals surface area contributed by atoms with Crippen molar-refractivity contribution in [1.29, 1.82) is 0 Å². The Morgan fingerprint density at radius 3 is 2.81 bits per heavy atom. The monoisotopic (exact) mass is 294 g/mol. The number of aromatic amines is 1. The minimum Gasteiger partial charge on any atom is -0.493 e. The van der Waals surface area contributed by atoms with Gasteiger partial charge in [-0.15, -0.1) is 5.10 Å². The first-order valence-corrected chi connectivity index (χ1v) is 6.41. The molecular weight excluding hydrogens is 279 g/mol. The first-order chi connectivity index (χ1) is 10.2. The number of anilines is 1. The topological polar surface area (TPSA) is 89.1 Å². The van der Waals surface area contributed by atoms with Crippen LogP contribution in [0.1, 0.15) is 13.3 Å². The lowest BCUT2D eigenvalue weighted by Gasteiger charge is -2.05. The average molecular weight is 294 g/mol. The second-order valence-corrected chi connectivity index (χ2v) is 4.00. The molecule has 0 aliphatic carbocycles. The number of amides is 1. The van der Waals surface area contributed by atoms with Crippen LogP contribution in [-0.2, 0) is 4.79 Å². The van der Waals surface area contributed by atoms with Crippen LogP contribution in [-0.4, -0.2) is 34.3 Å². The number of benzene rings is 1. The highest BCUT2D eigenvalue weighted by Crippen LogP contribution is 2.11. The zero-order chi connectivity index (χ0) is 15.1. The molecule has 0 bridgehead atoms. The predicted molar refractivity (Wildman–Crippen MR) is 72.7 cm³/mol. The standard InChI is InChI=1S/C13H15FN4O3/c1-2-20-13-16-12(17-18-13)15-11(19)7-8-21-10-5-3-9(14)4-6-10/h3-6H,2,7-8H2,1H3,(H2,15,16,17,18,19). The van der Waals surface area contributed by atoms with Crippen LogP contribution in [0.4, 0.5) is 10.3 Å². The molecule has 2 N–H and O–H groups in total. The fraction of sp³-hybridized carbons (Fsp3) is 0.308. The van der Waals surface area contributed by atoms with E-state index in [-0.39, 0.29) is 36.7 Å². The summed E-state index contributed by atoms with van der Waals surface area (Å²) in [6, 6.07) is 5.75. The molecule has 0 aliphatic heterocycles. The van der Waals surface area contributed by atoms with Crippen molar-refractivity contribution in [3.8, 4) is 11.8 Å². The van der Waals surface area contributed by atoms with Gasteiger partial charge in [0.25, 0.3) is 0 Å². The van der Waals surface area contributed by atoms with Crippen molar-refractivity contribution in [2.75, 3.05) is 18.5 Å². The van der Waals surface area contributed by atoms with E-state index in [1.807, 2.05) is 0 Å². The van der Waals surface area contributed by atoms with Crippen molar-refractivity contribution in [1.82, 2.24) is 15.2 Å². The summed E-state index contributed by atoms with van der Waals surface area (Å²) in [4.78, 5) is 15.6. The third-order valence-electron chi connectivity index (χ3n) is 2.41. The lowest BCUT2D eigenvalue weighted by atomic mass is 10.3. The summed E-state index contributed by atoms with van der Waals surface area (Å²) in [5.74, 6) is 0.0968. The van der Waals surface area contributed by atoms with Gasteiger partial charge in [-0.05, 0) is 31.2 Å². The predicted octanol–water partition coefficient (Wildman–Crippen LogP) is 1.75. The number of hydrogen-bond acceptors (Lipinski definition) is 5. The zero-order valence-corrected chi connectivity index (χ0v) is 11.4. The number of nitrogens with one attached hydrogen (secondary N) is 2. The molecule has 8 heteroatoms. The van der Waals surface area contributed by atoms with Crippen LogP contribution in [0, 0.1) is 5.82 Å². The lowest BCUT2D eigenvalue weighted by molar-refractivity contribution is -0.116. The molecule has 0 aliphatic rings. The van der Waals surface area contributed by atoms with Gasteiger partial charge in [0, 0.05) is 0 Å². The minimum absolute atomic E-state index is 0.127. The van der Waals surface area contributed by atoms with Crippen LogP contribution in [0.3, 0.4) is 0 Å². The highest BCUT2D eigenvalue weighted by atomic mass is 19.1. The van der Waals surface area contributed by atoms with Gasteiger partial charge in [-0.25, -0.2) is 9.49 Å². The number of nitrogens with zero attached hydrogens (tertiary/aromatic N) is 2. The van der Waals surface area contributed by atoms with Gasteiger partial charge in [0.2, 0.25) is 11.9 Å². The second-order valence-electron chi connectivity index (χ2n) is 4.00. The Morgan fingerprint density at radius 1 is 1.33 bits per heavy atom. The number of hydrogen-bond donors (Lipinski definition) is 2. The Kier molecular flexibility index (Phi) is 5.08. The van der Waals surface area contributed by atoms with Gasteiger partial charge in [-0.2, -0.15) is 4.98 Å². The number of carbonyl (C=O) groups is 1. The largest absolute Gasteiger partial charge is 0.493 e. The highest BCUT2D eigenvalue weighted by Gasteiger charge is 2.08. The highest BCUT2D eigenvalue weighted by molar-refractivity contribution is 5.88. The van der Waals surface area contributed by atoms with Crippen molar-refractivity contribution >= 4 is 11.9 Å². The summed E-state index contributed by atoms with van der Waals surface area (Å²) in [5, 5.41) is 8.82. The summed E-state index contributed by atoms with van der Waals surface area (Å²) >= 11 is 0. The molecule has 0 fully saturated rings. The molecule has 2 rings (SSSR count). The fourth-order valence-corrected chi connectivity index (χ4v) is 1.48. The van der Waals surface area contributed by atoms with Gasteiger partial charge in [0.15, 0.2) is 0 Å². The lowest BCUT2D eigenvalue weighted by Crippen LogP contribution is -2.16. The molecule has 0 atom stereocenters. The summed E-state index contributed by atoms with van der Waals surface area (Å²) in [6.07, 6.45) is 0.127. The molecule has 0 radical (unpaired) electrons. The smallest absolute Gasteiger partial charge is 0.337 e. The van der Waals surface area contributed by atoms with Crippen molar-refractivity contribution in [2.45, 2.75) is 13.3 Å². The first kappa shape index (κ1) is 14.8. The van der Waals surface area contributed by atoms with Crippen molar-refractivity contribution in [3.63, 3.8) is 0 Å². The van der Waals surface area contributed by atoms with Crippen LogP contribution in [0.5, 0.6) is 11.8 Å². The van der Waals surface area contributed by atoms with Crippen LogP contribution < -0.4 is 14.8 Å². The Labute approximate surface area is 120 Å². The van der Waals surface area contributed by atoms with Crippen LogP contribution >= 0.6 is 0 Å². The molecule has 1 aromatic carbocycles. The normalized spacial score (nSPS) is 10.2. The minimum atomic E-state index is -0.337. The van der Waals surface area contributed by atoms with Gasteiger partial charge < -0.3 is 9.47 Å². The molecule has 7 nitrogen and oxygen atoms in total. The fourth-order valence-electron chi connectivity index (χ4n) is 1.48. The van der Waals surface area contributed by atoms with Gasteiger partial charge in [-0.1, -0.05) is 0 Å². The number of ether oxygens (including phenoxy) is 2. The average Bonchev–Trinajstić information content (AvgIpc) is 2.89. The number of aromatic nitrogens is 3. The Balaban J connectivity index is 1.72. The number of halogens is 1. The SMILES string of the molecule is CCOc1n[nH]c(NC(=O)CCOc2ccc(F)cc2)n1. The molecule has 1 heterocycles. The quantitative estimate of drug-likeness (QED) is 0.812. The van der Waals surface area contributed by atoms with E-state index in [9.17, 15) is 9.18 Å². The van der Waals surface area contributed by atoms with Gasteiger partial charge >= 0.3 is 6.01 Å². The third kappa shape index (κ3) is 4.75. The zero-order valence-electron chi connectivity index (χ0n) is 11.4. The second kappa shape index (κ2) is 7.22. The van der Waals surface area contributed by atoms with Gasteiger partial charge in [0.05, 0.1) is 19.6 Å². The van der Waals surface area contributed by atoms with Crippen LogP contribution in [0.25, 0.3) is 0 Å². The molecule has 0 saturated heterocycles. The summed E-state index contributed by atoms with van der Waals surface area (Å²) in [6.45, 7) is 2.42. The molecule has 1 amide bonds. The van der Waals surface area contributed by atoms with E-state index in [1.165, 1.54) is 24.3 Å². The van der Waals surface area contributed by atoms with E-state index in [2.05, 4.69) is 20.5 Å². The summed E-state index contributed by atoms with van der Waals surface area (Å²) in [5.41, 5.74) is 0. The van der Waals surface area contributed by atoms with Crippen LogP contribution in [0.2, 0.25) is 0 Å². The summed E-state index contributed by atoms with van der Waals surface area (Å²) < 4.78 is 23.1. The number of rotatable bonds is 7. The van der Waals surface area contributed by atoms with E-state index in [4.69, 9.17) is 9.47 Å². The number of H-pyrrole nitrogens is 1. The van der Waals surface area contributed by atoms with E-state index in [1.54, 1.807) is 6.92 Å². The van der Waals surface area contributed by atoms with Gasteiger partial charge in [-0.3, -0.25) is 10.1 Å². The molecular formula is C13H15FN4O3. The van der Waals surface area contributed by atoms with Gasteiger partial charge in [0.1, 0.15) is 11.6 Å². The van der Waals surface area contributed by atoms with Crippen molar-refractivity contribution in [2.24, 2.45) is 0 Å². The van der Waals surface area contributed by atoms with E-state index < -0.39 is 0 Å². The molecule has 1 aromatic heterocycles. The molecule has 0 unspecified atom stereocenters. The van der Waals surface area contributed by atoms with Crippen LogP contribution in [0.15, 0.2) is 24.3 Å². The number of carbonyl (C=O) groups excluding carboxylic acids is 1. The third-order valence-corrected chi connectivity index (χ3v) is 2.41. The molecule has 2 aromatic rings. The maximum Gasteiger partial charge on any atom is 0.337 e. The molecule has 0 spiro atoms. The molecule has 0 saturated carbocycles. The van der Waals surface area contributed by atoms with Crippen molar-refractivity contribution in [3.05, 3.63) is 30.1 Å². The molecule has 21 heavy (non-hydrogen) atoms. The first-order valence-electron chi connectivity index (χ1n) is 6.41. The maximum absolute atomic E-state index is 12.7. The Morgan fingerprint density at radius 2 is 2.10 bits per heavy atom. The Bertz CT molecular complexity index is 585. The van der Waals surface area contributed by atoms with E-state index in [0.717, 1.165) is 0 Å². The Hall–Kier alpha value is -2.64. The molecule has 112 valence electrons. The summed E-state index contributed by atoms with van der Waals surface area (Å²) in [7, 11) is 0.